The molecule has 1 N–H and O–H groups in total. The van der Waals surface area contributed by atoms with Crippen molar-refractivity contribution in [3.63, 3.8) is 0 Å². The van der Waals surface area contributed by atoms with Crippen molar-refractivity contribution in [3.05, 3.63) is 68.8 Å². The summed E-state index contributed by atoms with van der Waals surface area (Å²) in [6.07, 6.45) is 5.61. The van der Waals surface area contributed by atoms with Gasteiger partial charge in [0.1, 0.15) is 0 Å². The van der Waals surface area contributed by atoms with E-state index in [1.54, 1.807) is 11.6 Å². The fourth-order valence-electron chi connectivity index (χ4n) is 3.35. The van der Waals surface area contributed by atoms with E-state index in [9.17, 15) is 4.79 Å². The molecule has 0 radical (unpaired) electrons. The van der Waals surface area contributed by atoms with Gasteiger partial charge in [0.25, 0.3) is 11.5 Å². The SMILES string of the molecule is C=C(C)/C=c1\c(=CC)cc(-c2cc(Nc3noc(CCC)n3)ccc2C)c(=O)n1C. The van der Waals surface area contributed by atoms with Crippen molar-refractivity contribution in [2.45, 2.75) is 40.5 Å². The quantitative estimate of drug-likeness (QED) is 0.680. The number of hydrogen-bond donors (Lipinski definition) is 1. The average Bonchev–Trinajstić information content (AvgIpc) is 3.14. The van der Waals surface area contributed by atoms with Crippen LogP contribution in [0.4, 0.5) is 11.6 Å². The minimum atomic E-state index is -0.0573. The van der Waals surface area contributed by atoms with E-state index in [0.717, 1.165) is 45.8 Å². The van der Waals surface area contributed by atoms with Crippen molar-refractivity contribution >= 4 is 23.8 Å². The maximum Gasteiger partial charge on any atom is 0.267 e. The minimum Gasteiger partial charge on any atom is -0.337 e. The normalized spacial score (nSPS) is 12.4. The number of hydrogen-bond acceptors (Lipinski definition) is 5. The number of aromatic nitrogens is 3. The number of benzene rings is 1. The van der Waals surface area contributed by atoms with Gasteiger partial charge in [0.2, 0.25) is 5.89 Å². The van der Waals surface area contributed by atoms with E-state index >= 15 is 0 Å². The van der Waals surface area contributed by atoms with Crippen LogP contribution in [0.2, 0.25) is 0 Å². The molecule has 0 spiro atoms. The van der Waals surface area contributed by atoms with Crippen LogP contribution >= 0.6 is 0 Å². The standard InChI is InChI=1S/C24H28N4O2/c1-7-9-22-26-24(27-30-22)25-18-11-10-16(5)19(14-18)20-13-17(8-2)21(12-15(3)4)28(6)23(20)29/h8,10-14H,3,7,9H2,1-2,4-6H3,(H,25,27)/b17-8?,21-12+. The molecule has 2 heterocycles. The molecule has 0 saturated heterocycles. The number of pyridine rings is 1. The second-order valence-electron chi connectivity index (χ2n) is 7.46. The topological polar surface area (TPSA) is 73.0 Å². The van der Waals surface area contributed by atoms with Gasteiger partial charge in [-0.1, -0.05) is 31.2 Å². The van der Waals surface area contributed by atoms with Crippen molar-refractivity contribution in [1.29, 1.82) is 0 Å². The summed E-state index contributed by atoms with van der Waals surface area (Å²) in [6.45, 7) is 11.9. The molecule has 2 aromatic heterocycles. The maximum absolute atomic E-state index is 13.2. The van der Waals surface area contributed by atoms with Gasteiger partial charge in [-0.2, -0.15) is 4.98 Å². The van der Waals surface area contributed by atoms with Crippen LogP contribution in [0.3, 0.4) is 0 Å². The zero-order valence-corrected chi connectivity index (χ0v) is 18.2. The first-order valence-corrected chi connectivity index (χ1v) is 10.1. The molecule has 6 heteroatoms. The Hall–Kier alpha value is -3.41. The summed E-state index contributed by atoms with van der Waals surface area (Å²) in [7, 11) is 1.79. The predicted octanol–water partition coefficient (Wildman–Crippen LogP) is 3.60. The monoisotopic (exact) mass is 404 g/mol. The predicted molar refractivity (Wildman–Crippen MR) is 122 cm³/mol. The largest absolute Gasteiger partial charge is 0.337 e. The summed E-state index contributed by atoms with van der Waals surface area (Å²) in [6, 6.07) is 7.81. The molecule has 0 saturated carbocycles. The number of allylic oxidation sites excluding steroid dienone is 1. The Morgan fingerprint density at radius 3 is 2.73 bits per heavy atom. The molecular formula is C24H28N4O2. The van der Waals surface area contributed by atoms with E-state index in [2.05, 4.69) is 29.0 Å². The molecule has 0 atom stereocenters. The Morgan fingerprint density at radius 2 is 2.07 bits per heavy atom. The first kappa shape index (κ1) is 21.3. The van der Waals surface area contributed by atoms with Crippen molar-refractivity contribution in [2.75, 3.05) is 5.32 Å². The van der Waals surface area contributed by atoms with Gasteiger partial charge < -0.3 is 14.4 Å². The zero-order valence-electron chi connectivity index (χ0n) is 18.2. The molecule has 0 fully saturated rings. The maximum atomic E-state index is 13.2. The molecule has 3 aromatic rings. The summed E-state index contributed by atoms with van der Waals surface area (Å²) in [4.78, 5) is 17.5. The first-order valence-electron chi connectivity index (χ1n) is 10.1. The number of anilines is 2. The molecule has 1 aromatic carbocycles. The van der Waals surface area contributed by atoms with Gasteiger partial charge >= 0.3 is 0 Å². The van der Waals surface area contributed by atoms with E-state index in [4.69, 9.17) is 4.52 Å². The lowest BCUT2D eigenvalue weighted by Crippen LogP contribution is -2.42. The molecule has 0 unspecified atom stereocenters. The van der Waals surface area contributed by atoms with E-state index in [1.165, 1.54) is 0 Å². The van der Waals surface area contributed by atoms with Gasteiger partial charge in [-0.25, -0.2) is 0 Å². The Bertz CT molecular complexity index is 1270. The smallest absolute Gasteiger partial charge is 0.267 e. The van der Waals surface area contributed by atoms with Gasteiger partial charge in [0.15, 0.2) is 0 Å². The summed E-state index contributed by atoms with van der Waals surface area (Å²) in [5, 5.41) is 8.97. The van der Waals surface area contributed by atoms with Gasteiger partial charge in [-0.15, -0.1) is 0 Å². The van der Waals surface area contributed by atoms with Gasteiger partial charge in [-0.05, 0) is 73.0 Å². The van der Waals surface area contributed by atoms with Crippen molar-refractivity contribution in [2.24, 2.45) is 7.05 Å². The Morgan fingerprint density at radius 1 is 1.30 bits per heavy atom. The third kappa shape index (κ3) is 4.43. The third-order valence-corrected chi connectivity index (χ3v) is 4.90. The summed E-state index contributed by atoms with van der Waals surface area (Å²) >= 11 is 0. The fraction of sp³-hybridized carbons (Fsp3) is 0.292. The van der Waals surface area contributed by atoms with Crippen LogP contribution in [0.5, 0.6) is 0 Å². The van der Waals surface area contributed by atoms with Crippen LogP contribution in [0.15, 0.2) is 45.7 Å². The van der Waals surface area contributed by atoms with Gasteiger partial charge in [0, 0.05) is 24.7 Å². The molecule has 3 rings (SSSR count). The van der Waals surface area contributed by atoms with E-state index in [1.807, 2.05) is 57.2 Å². The Balaban J connectivity index is 2.10. The number of nitrogens with one attached hydrogen (secondary N) is 1. The molecule has 0 aliphatic carbocycles. The number of nitrogens with zero attached hydrogens (tertiary/aromatic N) is 3. The van der Waals surface area contributed by atoms with Crippen LogP contribution in [0, 0.1) is 6.92 Å². The van der Waals surface area contributed by atoms with Crippen molar-refractivity contribution < 1.29 is 4.52 Å². The summed E-state index contributed by atoms with van der Waals surface area (Å²) < 4.78 is 6.91. The highest BCUT2D eigenvalue weighted by atomic mass is 16.5. The third-order valence-electron chi connectivity index (χ3n) is 4.90. The molecular weight excluding hydrogens is 376 g/mol. The van der Waals surface area contributed by atoms with Crippen molar-refractivity contribution in [1.82, 2.24) is 14.7 Å². The Kier molecular flexibility index (Phi) is 6.35. The van der Waals surface area contributed by atoms with Gasteiger partial charge in [-0.3, -0.25) is 4.79 Å². The van der Waals surface area contributed by atoms with Crippen LogP contribution in [0.1, 0.15) is 38.6 Å². The summed E-state index contributed by atoms with van der Waals surface area (Å²) in [5.74, 6) is 1.02. The van der Waals surface area contributed by atoms with E-state index in [0.29, 0.717) is 17.4 Å². The first-order chi connectivity index (χ1) is 14.3. The van der Waals surface area contributed by atoms with Crippen LogP contribution in [-0.2, 0) is 13.5 Å². The lowest BCUT2D eigenvalue weighted by molar-refractivity contribution is 0.378. The van der Waals surface area contributed by atoms with Crippen molar-refractivity contribution in [3.8, 4) is 11.1 Å². The van der Waals surface area contributed by atoms with E-state index in [-0.39, 0.29) is 5.56 Å². The minimum absolute atomic E-state index is 0.0573. The van der Waals surface area contributed by atoms with Crippen LogP contribution in [0.25, 0.3) is 23.3 Å². The molecule has 0 amide bonds. The second-order valence-corrected chi connectivity index (χ2v) is 7.46. The molecule has 0 aliphatic heterocycles. The van der Waals surface area contributed by atoms with Crippen LogP contribution in [-0.4, -0.2) is 14.7 Å². The zero-order chi connectivity index (χ0) is 21.8. The fourth-order valence-corrected chi connectivity index (χ4v) is 3.35. The van der Waals surface area contributed by atoms with Crippen LogP contribution < -0.4 is 21.4 Å². The lowest BCUT2D eigenvalue weighted by atomic mass is 10.00. The highest BCUT2D eigenvalue weighted by Gasteiger charge is 2.12. The number of aryl methyl sites for hydroxylation is 2. The van der Waals surface area contributed by atoms with E-state index < -0.39 is 0 Å². The second kappa shape index (κ2) is 8.95. The number of rotatable bonds is 6. The average molecular weight is 405 g/mol. The molecule has 30 heavy (non-hydrogen) atoms. The molecule has 0 bridgehead atoms. The molecule has 156 valence electrons. The Labute approximate surface area is 176 Å². The lowest BCUT2D eigenvalue weighted by Gasteiger charge is -2.11. The molecule has 6 nitrogen and oxygen atoms in total. The molecule has 0 aliphatic rings. The highest BCUT2D eigenvalue weighted by molar-refractivity contribution is 5.72. The summed E-state index contributed by atoms with van der Waals surface area (Å²) in [5.41, 5.74) is 4.15. The van der Waals surface area contributed by atoms with Gasteiger partial charge in [0.05, 0.1) is 5.35 Å². The highest BCUT2D eigenvalue weighted by Crippen LogP contribution is 2.25.